The number of rotatable bonds is 2. The third-order valence-electron chi connectivity index (χ3n) is 3.33. The van der Waals surface area contributed by atoms with E-state index in [4.69, 9.17) is 0 Å². The van der Waals surface area contributed by atoms with Gasteiger partial charge in [-0.15, -0.1) is 0 Å². The maximum Gasteiger partial charge on any atom is 0.251 e. The fraction of sp³-hybridized carbons (Fsp3) is 0.133. The smallest absolute Gasteiger partial charge is 0.251 e. The molecule has 2 aromatic rings. The molecule has 20 heavy (non-hydrogen) atoms. The van der Waals surface area contributed by atoms with E-state index in [0.29, 0.717) is 0 Å². The van der Waals surface area contributed by atoms with Crippen LogP contribution in [0.25, 0.3) is 0 Å². The van der Waals surface area contributed by atoms with Crippen molar-refractivity contribution in [2.45, 2.75) is 13.0 Å². The molecule has 1 heterocycles. The molecule has 0 spiro atoms. The zero-order valence-corrected chi connectivity index (χ0v) is 13.9. The molecule has 0 aliphatic carbocycles. The monoisotopic (exact) mass is 394 g/mol. The Bertz CT molecular complexity index is 700. The van der Waals surface area contributed by atoms with Crippen LogP contribution in [0.3, 0.4) is 0 Å². The van der Waals surface area contributed by atoms with Crippen molar-refractivity contribution < 1.29 is 4.79 Å². The third-order valence-corrected chi connectivity index (χ3v) is 4.32. The summed E-state index contributed by atoms with van der Waals surface area (Å²) >= 11 is 6.89. The molecular formula is C15H12Br2N2O. The minimum atomic E-state index is -0.359. The molecule has 3 rings (SSSR count). The largest absolute Gasteiger partial charge is 0.370 e. The van der Waals surface area contributed by atoms with Crippen LogP contribution in [0, 0.1) is 6.92 Å². The molecule has 3 nitrogen and oxygen atoms in total. The molecule has 5 heteroatoms. The highest BCUT2D eigenvalue weighted by atomic mass is 79.9. The number of anilines is 2. The highest BCUT2D eigenvalue weighted by Crippen LogP contribution is 2.36. The van der Waals surface area contributed by atoms with Gasteiger partial charge in [-0.1, -0.05) is 31.9 Å². The number of carbonyl (C=O) groups excluding carboxylic acids is 1. The Morgan fingerprint density at radius 3 is 2.55 bits per heavy atom. The Morgan fingerprint density at radius 2 is 1.80 bits per heavy atom. The van der Waals surface area contributed by atoms with Gasteiger partial charge in [-0.25, -0.2) is 0 Å². The Hall–Kier alpha value is -1.33. The van der Waals surface area contributed by atoms with Crippen molar-refractivity contribution >= 4 is 49.1 Å². The number of amides is 1. The van der Waals surface area contributed by atoms with Gasteiger partial charge >= 0.3 is 0 Å². The van der Waals surface area contributed by atoms with Crippen LogP contribution in [-0.2, 0) is 4.79 Å². The highest BCUT2D eigenvalue weighted by molar-refractivity contribution is 9.10. The molecule has 0 fully saturated rings. The van der Waals surface area contributed by atoms with E-state index < -0.39 is 0 Å². The molecule has 1 amide bonds. The average Bonchev–Trinajstić information content (AvgIpc) is 2.69. The zero-order valence-electron chi connectivity index (χ0n) is 10.7. The van der Waals surface area contributed by atoms with Crippen LogP contribution in [0.4, 0.5) is 11.4 Å². The van der Waals surface area contributed by atoms with E-state index in [1.807, 2.05) is 43.3 Å². The maximum atomic E-state index is 12.1. The predicted octanol–water partition coefficient (Wildman–Crippen LogP) is 4.63. The molecular weight excluding hydrogens is 384 g/mol. The van der Waals surface area contributed by atoms with Gasteiger partial charge in [0.1, 0.15) is 6.04 Å². The van der Waals surface area contributed by atoms with Crippen molar-refractivity contribution in [2.24, 2.45) is 0 Å². The molecule has 0 saturated carbocycles. The summed E-state index contributed by atoms with van der Waals surface area (Å²) in [7, 11) is 0. The van der Waals surface area contributed by atoms with Crippen molar-refractivity contribution in [1.82, 2.24) is 0 Å². The fourth-order valence-electron chi connectivity index (χ4n) is 2.32. The van der Waals surface area contributed by atoms with Crippen molar-refractivity contribution in [1.29, 1.82) is 0 Å². The van der Waals surface area contributed by atoms with E-state index in [1.165, 1.54) is 0 Å². The highest BCUT2D eigenvalue weighted by Gasteiger charge is 2.30. The summed E-state index contributed by atoms with van der Waals surface area (Å²) in [5.74, 6) is -0.0274. The van der Waals surface area contributed by atoms with Crippen LogP contribution in [-0.4, -0.2) is 5.91 Å². The van der Waals surface area contributed by atoms with Gasteiger partial charge in [-0.05, 0) is 48.9 Å². The van der Waals surface area contributed by atoms with E-state index in [1.54, 1.807) is 0 Å². The first-order valence-corrected chi connectivity index (χ1v) is 7.76. The number of halogens is 2. The average molecular weight is 396 g/mol. The summed E-state index contributed by atoms with van der Waals surface area (Å²) in [6.07, 6.45) is 0. The van der Waals surface area contributed by atoms with Gasteiger partial charge in [0.05, 0.1) is 0 Å². The Kier molecular flexibility index (Phi) is 3.56. The van der Waals surface area contributed by atoms with Crippen LogP contribution in [0.1, 0.15) is 17.2 Å². The van der Waals surface area contributed by atoms with E-state index >= 15 is 0 Å². The maximum absolute atomic E-state index is 12.1. The normalized spacial score (nSPS) is 16.8. The molecule has 1 unspecified atom stereocenters. The minimum Gasteiger partial charge on any atom is -0.370 e. The summed E-state index contributed by atoms with van der Waals surface area (Å²) in [5.41, 5.74) is 3.88. The number of hydrogen-bond donors (Lipinski definition) is 2. The molecule has 102 valence electrons. The second-order valence-corrected chi connectivity index (χ2v) is 6.59. The standard InChI is InChI=1S/C15H12Br2N2O/c1-8-6-9(16)2-4-12(8)18-14-11-7-10(17)3-5-13(11)19-15(14)20/h2-7,14,18H,1H3,(H,19,20). The molecule has 0 saturated heterocycles. The van der Waals surface area contributed by atoms with Gasteiger partial charge in [0.2, 0.25) is 0 Å². The molecule has 2 aromatic carbocycles. The second kappa shape index (κ2) is 5.22. The number of fused-ring (bicyclic) bond motifs is 1. The molecule has 1 aliphatic heterocycles. The molecule has 0 aromatic heterocycles. The van der Waals surface area contributed by atoms with Gasteiger partial charge in [0, 0.05) is 25.9 Å². The minimum absolute atomic E-state index is 0.0274. The summed E-state index contributed by atoms with van der Waals surface area (Å²) in [5, 5.41) is 6.21. The lowest BCUT2D eigenvalue weighted by Gasteiger charge is -2.15. The van der Waals surface area contributed by atoms with E-state index in [0.717, 1.165) is 31.4 Å². The molecule has 0 radical (unpaired) electrons. The van der Waals surface area contributed by atoms with Gasteiger partial charge in [-0.2, -0.15) is 0 Å². The summed E-state index contributed by atoms with van der Waals surface area (Å²) in [4.78, 5) is 12.1. The molecule has 1 atom stereocenters. The molecule has 2 N–H and O–H groups in total. The van der Waals surface area contributed by atoms with Crippen molar-refractivity contribution in [3.63, 3.8) is 0 Å². The SMILES string of the molecule is Cc1cc(Br)ccc1NC1C(=O)Nc2ccc(Br)cc21. The summed E-state index contributed by atoms with van der Waals surface area (Å²) in [6, 6.07) is 11.4. The number of carbonyl (C=O) groups is 1. The van der Waals surface area contributed by atoms with Crippen LogP contribution in [0.15, 0.2) is 45.3 Å². The van der Waals surface area contributed by atoms with Crippen LogP contribution >= 0.6 is 31.9 Å². The summed E-state index contributed by atoms with van der Waals surface area (Å²) < 4.78 is 1.99. The second-order valence-electron chi connectivity index (χ2n) is 4.76. The lowest BCUT2D eigenvalue weighted by atomic mass is 10.1. The first-order valence-electron chi connectivity index (χ1n) is 6.17. The lowest BCUT2D eigenvalue weighted by molar-refractivity contribution is -0.116. The van der Waals surface area contributed by atoms with Gasteiger partial charge in [-0.3, -0.25) is 4.79 Å². The number of nitrogens with one attached hydrogen (secondary N) is 2. The number of aryl methyl sites for hydroxylation is 1. The Morgan fingerprint density at radius 1 is 1.10 bits per heavy atom. The first kappa shape index (κ1) is 13.6. The van der Waals surface area contributed by atoms with Crippen LogP contribution in [0.2, 0.25) is 0 Å². The van der Waals surface area contributed by atoms with Crippen molar-refractivity contribution in [2.75, 3.05) is 10.6 Å². The van der Waals surface area contributed by atoms with Crippen molar-refractivity contribution in [3.05, 3.63) is 56.5 Å². The van der Waals surface area contributed by atoms with E-state index in [-0.39, 0.29) is 11.9 Å². The predicted molar refractivity (Wildman–Crippen MR) is 88.0 cm³/mol. The van der Waals surface area contributed by atoms with Gasteiger partial charge in [0.25, 0.3) is 5.91 Å². The Balaban J connectivity index is 1.95. The van der Waals surface area contributed by atoms with Gasteiger partial charge < -0.3 is 10.6 Å². The number of benzene rings is 2. The van der Waals surface area contributed by atoms with Gasteiger partial charge in [0.15, 0.2) is 0 Å². The summed E-state index contributed by atoms with van der Waals surface area (Å²) in [6.45, 7) is 2.02. The number of hydrogen-bond acceptors (Lipinski definition) is 2. The molecule has 1 aliphatic rings. The lowest BCUT2D eigenvalue weighted by Crippen LogP contribution is -2.20. The topological polar surface area (TPSA) is 41.1 Å². The Labute approximate surface area is 134 Å². The van der Waals surface area contributed by atoms with E-state index in [2.05, 4.69) is 42.5 Å². The zero-order chi connectivity index (χ0) is 14.3. The molecule has 0 bridgehead atoms. The third kappa shape index (κ3) is 2.47. The fourth-order valence-corrected chi connectivity index (χ4v) is 3.17. The quantitative estimate of drug-likeness (QED) is 0.778. The van der Waals surface area contributed by atoms with E-state index in [9.17, 15) is 4.79 Å². The van der Waals surface area contributed by atoms with Crippen molar-refractivity contribution in [3.8, 4) is 0 Å². The van der Waals surface area contributed by atoms with Crippen LogP contribution < -0.4 is 10.6 Å². The van der Waals surface area contributed by atoms with Crippen LogP contribution in [0.5, 0.6) is 0 Å². The first-order chi connectivity index (χ1) is 9.54.